The van der Waals surface area contributed by atoms with Gasteiger partial charge in [0.15, 0.2) is 0 Å². The molecular weight excluding hydrogens is 241 g/mol. The van der Waals surface area contributed by atoms with Crippen LogP contribution in [0.15, 0.2) is 6.20 Å². The molecule has 92 valence electrons. The van der Waals surface area contributed by atoms with Gasteiger partial charge < -0.3 is 14.0 Å². The highest BCUT2D eigenvalue weighted by atomic mass is 32.1. The van der Waals surface area contributed by atoms with E-state index in [1.165, 1.54) is 18.4 Å². The number of esters is 1. The molecule has 0 spiro atoms. The maximum atomic E-state index is 11.3. The van der Waals surface area contributed by atoms with Crippen LogP contribution in [0.4, 0.5) is 0 Å². The largest absolute Gasteiger partial charge is 0.506 e. The predicted molar refractivity (Wildman–Crippen MR) is 64.5 cm³/mol. The van der Waals surface area contributed by atoms with Gasteiger partial charge in [0.25, 0.3) is 0 Å². The summed E-state index contributed by atoms with van der Waals surface area (Å²) in [5.74, 6) is -0.433. The molecule has 1 aromatic rings. The van der Waals surface area contributed by atoms with Crippen molar-refractivity contribution in [1.29, 1.82) is 0 Å². The van der Waals surface area contributed by atoms with E-state index in [1.807, 2.05) is 0 Å². The highest BCUT2D eigenvalue weighted by Crippen LogP contribution is 2.22. The summed E-state index contributed by atoms with van der Waals surface area (Å²) in [5, 5.41) is 0.319. The quantitative estimate of drug-likeness (QED) is 0.575. The molecule has 1 aliphatic heterocycles. The zero-order valence-electron chi connectivity index (χ0n) is 10.1. The number of ether oxygens (including phenoxy) is 1. The Morgan fingerprint density at radius 2 is 2.18 bits per heavy atom. The van der Waals surface area contributed by atoms with Gasteiger partial charge in [-0.3, -0.25) is 0 Å². The fourth-order valence-electron chi connectivity index (χ4n) is 1.43. The van der Waals surface area contributed by atoms with Crippen LogP contribution < -0.4 is 4.78 Å². The van der Waals surface area contributed by atoms with Gasteiger partial charge in [0.05, 0.1) is 11.9 Å². The first kappa shape index (κ1) is 12.5. The van der Waals surface area contributed by atoms with Crippen LogP contribution in [0.25, 0.3) is 0 Å². The molecule has 2 rings (SSSR count). The van der Waals surface area contributed by atoms with Crippen LogP contribution in [-0.4, -0.2) is 38.4 Å². The van der Waals surface area contributed by atoms with Gasteiger partial charge in [-0.15, -0.1) is 11.3 Å². The molecule has 1 aromatic heterocycles. The molecule has 1 aliphatic rings. The molecule has 0 saturated carbocycles. The Labute approximate surface area is 104 Å². The predicted octanol–water partition coefficient (Wildman–Crippen LogP) is 0.698. The van der Waals surface area contributed by atoms with Crippen molar-refractivity contribution in [3.63, 3.8) is 0 Å². The number of aromatic nitrogens is 1. The lowest BCUT2D eigenvalue weighted by Gasteiger charge is -2.32. The molecule has 0 bridgehead atoms. The molecule has 0 radical (unpaired) electrons. The summed E-state index contributed by atoms with van der Waals surface area (Å²) in [6.45, 7) is 5.41. The van der Waals surface area contributed by atoms with E-state index in [0.29, 0.717) is 18.2 Å². The Balaban J connectivity index is 2.04. The molecule has 0 aliphatic carbocycles. The van der Waals surface area contributed by atoms with Crippen molar-refractivity contribution in [2.75, 3.05) is 20.3 Å². The van der Waals surface area contributed by atoms with Crippen LogP contribution in [0.1, 0.15) is 23.6 Å². The summed E-state index contributed by atoms with van der Waals surface area (Å²) in [7, 11) is 0.915. The third-order valence-corrected chi connectivity index (χ3v) is 3.37. The minimum absolute atomic E-state index is 0.0341. The maximum absolute atomic E-state index is 11.3. The number of methoxy groups -OCH3 is 1. The highest BCUT2D eigenvalue weighted by Gasteiger charge is 2.35. The Hall–Kier alpha value is -0.915. The maximum Gasteiger partial charge on any atom is 0.506 e. The summed E-state index contributed by atoms with van der Waals surface area (Å²) in [6.07, 6.45) is 1.60. The first-order valence-electron chi connectivity index (χ1n) is 5.29. The fraction of sp³-hybridized carbons (Fsp3) is 0.600. The van der Waals surface area contributed by atoms with Crippen LogP contribution in [0.5, 0.6) is 0 Å². The van der Waals surface area contributed by atoms with E-state index >= 15 is 0 Å². The summed E-state index contributed by atoms with van der Waals surface area (Å²) in [5.41, 5.74) is 0.0341. The summed E-state index contributed by atoms with van der Waals surface area (Å²) < 4.78 is 16.6. The van der Waals surface area contributed by atoms with Crippen LogP contribution >= 0.6 is 11.3 Å². The minimum Gasteiger partial charge on any atom is -0.464 e. The molecule has 0 amide bonds. The first-order valence-corrected chi connectivity index (χ1v) is 6.11. The molecule has 5 nitrogen and oxygen atoms in total. The second kappa shape index (κ2) is 4.76. The summed E-state index contributed by atoms with van der Waals surface area (Å²) in [6, 6.07) is 0. The Kier molecular flexibility index (Phi) is 3.51. The van der Waals surface area contributed by atoms with Crippen molar-refractivity contribution >= 4 is 29.2 Å². The summed E-state index contributed by atoms with van der Waals surface area (Å²) >= 11 is 1.24. The SMILES string of the molecule is COC(=O)c1ncc(B2OCC(C)(C)CO2)s1. The lowest BCUT2D eigenvalue weighted by Crippen LogP contribution is -2.46. The van der Waals surface area contributed by atoms with Gasteiger partial charge in [0, 0.05) is 24.8 Å². The lowest BCUT2D eigenvalue weighted by molar-refractivity contribution is 0.0346. The smallest absolute Gasteiger partial charge is 0.464 e. The van der Waals surface area contributed by atoms with Gasteiger partial charge in [0.2, 0.25) is 5.01 Å². The number of hydrogen-bond donors (Lipinski definition) is 0. The van der Waals surface area contributed by atoms with E-state index in [9.17, 15) is 4.79 Å². The van der Waals surface area contributed by atoms with Crippen molar-refractivity contribution in [3.05, 3.63) is 11.2 Å². The van der Waals surface area contributed by atoms with Gasteiger partial charge in [0.1, 0.15) is 0 Å². The van der Waals surface area contributed by atoms with Crippen molar-refractivity contribution in [1.82, 2.24) is 4.98 Å². The molecule has 7 heteroatoms. The van der Waals surface area contributed by atoms with Gasteiger partial charge in [-0.05, 0) is 0 Å². The van der Waals surface area contributed by atoms with E-state index in [4.69, 9.17) is 9.31 Å². The Bertz CT molecular complexity index is 410. The van der Waals surface area contributed by atoms with Crippen molar-refractivity contribution in [2.24, 2.45) is 5.41 Å². The van der Waals surface area contributed by atoms with Crippen LogP contribution in [0.3, 0.4) is 0 Å². The molecule has 0 N–H and O–H groups in total. The van der Waals surface area contributed by atoms with E-state index in [-0.39, 0.29) is 5.41 Å². The number of carbonyl (C=O) groups is 1. The molecule has 17 heavy (non-hydrogen) atoms. The molecular formula is C10H14BNO4S. The number of carbonyl (C=O) groups excluding carboxylic acids is 1. The number of rotatable bonds is 2. The first-order chi connectivity index (χ1) is 8.02. The van der Waals surface area contributed by atoms with Crippen LogP contribution in [-0.2, 0) is 14.0 Å². The second-order valence-corrected chi connectivity index (χ2v) is 5.74. The molecule has 0 aromatic carbocycles. The van der Waals surface area contributed by atoms with Gasteiger partial charge in [-0.25, -0.2) is 9.78 Å². The normalized spacial score (nSPS) is 19.1. The molecule has 0 atom stereocenters. The second-order valence-electron chi connectivity index (χ2n) is 4.68. The number of thiazole rings is 1. The standard InChI is InChI=1S/C10H14BNO4S/c1-10(2)5-15-11(16-6-10)7-4-12-8(17-7)9(13)14-3/h4H,5-6H2,1-3H3. The number of nitrogens with zero attached hydrogens (tertiary/aromatic N) is 1. The topological polar surface area (TPSA) is 57.7 Å². The van der Waals surface area contributed by atoms with Crippen molar-refractivity contribution in [3.8, 4) is 0 Å². The molecule has 1 fully saturated rings. The highest BCUT2D eigenvalue weighted by molar-refractivity contribution is 7.23. The van der Waals surface area contributed by atoms with Crippen LogP contribution in [0.2, 0.25) is 0 Å². The lowest BCUT2D eigenvalue weighted by atomic mass is 9.83. The molecule has 1 saturated heterocycles. The van der Waals surface area contributed by atoms with E-state index in [1.54, 1.807) is 6.20 Å². The molecule has 0 unspecified atom stereocenters. The number of hydrogen-bond acceptors (Lipinski definition) is 6. The van der Waals surface area contributed by atoms with Crippen molar-refractivity contribution in [2.45, 2.75) is 13.8 Å². The van der Waals surface area contributed by atoms with E-state index < -0.39 is 13.1 Å². The zero-order valence-corrected chi connectivity index (χ0v) is 10.9. The van der Waals surface area contributed by atoms with Gasteiger partial charge in [-0.1, -0.05) is 13.8 Å². The third kappa shape index (κ3) is 2.85. The van der Waals surface area contributed by atoms with E-state index in [2.05, 4.69) is 23.6 Å². The molecule has 2 heterocycles. The third-order valence-electron chi connectivity index (χ3n) is 2.37. The Morgan fingerprint density at radius 3 is 2.76 bits per heavy atom. The van der Waals surface area contributed by atoms with Gasteiger partial charge >= 0.3 is 13.1 Å². The average Bonchev–Trinajstić information content (AvgIpc) is 2.77. The monoisotopic (exact) mass is 255 g/mol. The van der Waals surface area contributed by atoms with E-state index in [0.717, 1.165) is 4.78 Å². The van der Waals surface area contributed by atoms with Gasteiger partial charge in [-0.2, -0.15) is 0 Å². The van der Waals surface area contributed by atoms with Crippen molar-refractivity contribution < 1.29 is 18.8 Å². The van der Waals surface area contributed by atoms with Crippen LogP contribution in [0, 0.1) is 5.41 Å². The minimum atomic E-state index is -0.433. The Morgan fingerprint density at radius 1 is 1.53 bits per heavy atom. The average molecular weight is 255 g/mol. The zero-order chi connectivity index (χ0) is 12.5. The summed E-state index contributed by atoms with van der Waals surface area (Å²) in [4.78, 5) is 15.2. The fourth-order valence-corrected chi connectivity index (χ4v) is 2.27.